The van der Waals surface area contributed by atoms with E-state index in [1.54, 1.807) is 18.3 Å². The molecule has 5 heteroatoms. The van der Waals surface area contributed by atoms with Gasteiger partial charge in [-0.3, -0.25) is 16.0 Å². The third-order valence-corrected chi connectivity index (χ3v) is 3.09. The number of hydrogen-bond donors (Lipinski definition) is 2. The van der Waals surface area contributed by atoms with Crippen LogP contribution in [0.15, 0.2) is 36.5 Å². The fourth-order valence-corrected chi connectivity index (χ4v) is 2.03. The summed E-state index contributed by atoms with van der Waals surface area (Å²) < 4.78 is 15.5. The Morgan fingerprint density at radius 1 is 1.39 bits per heavy atom. The smallest absolute Gasteiger partial charge is 0.128 e. The van der Waals surface area contributed by atoms with Crippen LogP contribution >= 0.6 is 0 Å². The van der Waals surface area contributed by atoms with Crippen molar-refractivity contribution in [2.24, 2.45) is 12.9 Å². The maximum Gasteiger partial charge on any atom is 0.128 e. The van der Waals surface area contributed by atoms with Crippen molar-refractivity contribution in [1.29, 1.82) is 0 Å². The molecule has 96 valence electrons. The molecule has 18 heavy (non-hydrogen) atoms. The first-order valence-electron chi connectivity index (χ1n) is 5.90. The van der Waals surface area contributed by atoms with Gasteiger partial charge in [-0.05, 0) is 25.0 Å². The van der Waals surface area contributed by atoms with Crippen LogP contribution in [0.1, 0.15) is 23.7 Å². The van der Waals surface area contributed by atoms with E-state index >= 15 is 0 Å². The van der Waals surface area contributed by atoms with Crippen LogP contribution in [0.2, 0.25) is 0 Å². The van der Waals surface area contributed by atoms with Gasteiger partial charge in [0.15, 0.2) is 0 Å². The molecule has 1 atom stereocenters. The first-order valence-corrected chi connectivity index (χ1v) is 5.90. The molecule has 0 fully saturated rings. The standard InChI is InChI=1S/C13H17FN4/c1-18-10(8-9-16-18)6-7-13(17-15)11-4-2-3-5-12(11)14/h2-5,8-9,13,17H,6-7,15H2,1H3. The molecule has 0 spiro atoms. The average Bonchev–Trinajstić information content (AvgIpc) is 2.78. The highest BCUT2D eigenvalue weighted by Crippen LogP contribution is 2.20. The minimum Gasteiger partial charge on any atom is -0.273 e. The zero-order chi connectivity index (χ0) is 13.0. The predicted molar refractivity (Wildman–Crippen MR) is 68.0 cm³/mol. The highest BCUT2D eigenvalue weighted by molar-refractivity contribution is 5.21. The summed E-state index contributed by atoms with van der Waals surface area (Å²) in [6.07, 6.45) is 3.26. The van der Waals surface area contributed by atoms with Gasteiger partial charge in [0.05, 0.1) is 0 Å². The molecule has 0 saturated carbocycles. The number of nitrogens with two attached hydrogens (primary N) is 1. The number of nitrogens with one attached hydrogen (secondary N) is 1. The molecule has 1 unspecified atom stereocenters. The van der Waals surface area contributed by atoms with Gasteiger partial charge in [0.1, 0.15) is 5.82 Å². The molecule has 0 amide bonds. The lowest BCUT2D eigenvalue weighted by molar-refractivity contribution is 0.479. The molecule has 1 heterocycles. The SMILES string of the molecule is Cn1nccc1CCC(NN)c1ccccc1F. The highest BCUT2D eigenvalue weighted by Gasteiger charge is 2.14. The zero-order valence-corrected chi connectivity index (χ0v) is 10.3. The summed E-state index contributed by atoms with van der Waals surface area (Å²) in [7, 11) is 1.89. The number of halogens is 1. The van der Waals surface area contributed by atoms with Crippen LogP contribution < -0.4 is 11.3 Å². The first-order chi connectivity index (χ1) is 8.72. The fraction of sp³-hybridized carbons (Fsp3) is 0.308. The molecule has 0 aliphatic heterocycles. The minimum atomic E-state index is -0.231. The summed E-state index contributed by atoms with van der Waals surface area (Å²) in [5, 5.41) is 4.10. The van der Waals surface area contributed by atoms with Crippen LogP contribution in [0.3, 0.4) is 0 Å². The number of hydrazine groups is 1. The quantitative estimate of drug-likeness (QED) is 0.625. The van der Waals surface area contributed by atoms with Crippen molar-refractivity contribution in [3.63, 3.8) is 0 Å². The van der Waals surface area contributed by atoms with Gasteiger partial charge in [-0.15, -0.1) is 0 Å². The van der Waals surface area contributed by atoms with Gasteiger partial charge in [-0.2, -0.15) is 5.10 Å². The number of benzene rings is 1. The van der Waals surface area contributed by atoms with E-state index in [0.29, 0.717) is 5.56 Å². The van der Waals surface area contributed by atoms with Crippen molar-refractivity contribution in [2.45, 2.75) is 18.9 Å². The maximum absolute atomic E-state index is 13.7. The molecule has 1 aromatic carbocycles. The van der Waals surface area contributed by atoms with Crippen LogP contribution in [0.25, 0.3) is 0 Å². The summed E-state index contributed by atoms with van der Waals surface area (Å²) >= 11 is 0. The second-order valence-corrected chi connectivity index (χ2v) is 4.23. The lowest BCUT2D eigenvalue weighted by atomic mass is 10.0. The van der Waals surface area contributed by atoms with E-state index in [1.165, 1.54) is 6.07 Å². The number of rotatable bonds is 5. The van der Waals surface area contributed by atoms with E-state index in [4.69, 9.17) is 5.84 Å². The lowest BCUT2D eigenvalue weighted by Crippen LogP contribution is -2.29. The third-order valence-electron chi connectivity index (χ3n) is 3.09. The van der Waals surface area contributed by atoms with Gasteiger partial charge in [0.2, 0.25) is 0 Å². The molecule has 0 radical (unpaired) electrons. The van der Waals surface area contributed by atoms with E-state index in [0.717, 1.165) is 18.5 Å². The van der Waals surface area contributed by atoms with Crippen molar-refractivity contribution >= 4 is 0 Å². The van der Waals surface area contributed by atoms with E-state index in [-0.39, 0.29) is 11.9 Å². The highest BCUT2D eigenvalue weighted by atomic mass is 19.1. The van der Waals surface area contributed by atoms with Crippen molar-refractivity contribution < 1.29 is 4.39 Å². The van der Waals surface area contributed by atoms with E-state index in [1.807, 2.05) is 23.9 Å². The summed E-state index contributed by atoms with van der Waals surface area (Å²) in [5.74, 6) is 5.28. The normalized spacial score (nSPS) is 12.6. The first kappa shape index (κ1) is 12.7. The molecule has 2 aromatic rings. The molecule has 1 aromatic heterocycles. The fourth-order valence-electron chi connectivity index (χ4n) is 2.03. The largest absolute Gasteiger partial charge is 0.273 e. The Balaban J connectivity index is 2.07. The predicted octanol–water partition coefficient (Wildman–Crippen LogP) is 1.70. The molecule has 0 saturated heterocycles. The van der Waals surface area contributed by atoms with E-state index in [2.05, 4.69) is 10.5 Å². The zero-order valence-electron chi connectivity index (χ0n) is 10.3. The number of nitrogens with zero attached hydrogens (tertiary/aromatic N) is 2. The summed E-state index contributed by atoms with van der Waals surface area (Å²) in [5.41, 5.74) is 4.37. The monoisotopic (exact) mass is 248 g/mol. The number of hydrogen-bond acceptors (Lipinski definition) is 3. The summed E-state index contributed by atoms with van der Waals surface area (Å²) in [4.78, 5) is 0. The maximum atomic E-state index is 13.7. The Kier molecular flexibility index (Phi) is 4.07. The lowest BCUT2D eigenvalue weighted by Gasteiger charge is -2.16. The molecule has 0 bridgehead atoms. The van der Waals surface area contributed by atoms with Crippen molar-refractivity contribution in [1.82, 2.24) is 15.2 Å². The molecule has 3 N–H and O–H groups in total. The Bertz CT molecular complexity index is 509. The molecule has 0 aliphatic carbocycles. The molecular formula is C13H17FN4. The van der Waals surface area contributed by atoms with Gasteiger partial charge in [0.25, 0.3) is 0 Å². The van der Waals surface area contributed by atoms with Gasteiger partial charge in [0, 0.05) is 30.5 Å². The molecular weight excluding hydrogens is 231 g/mol. The second-order valence-electron chi connectivity index (χ2n) is 4.23. The van der Waals surface area contributed by atoms with Gasteiger partial charge < -0.3 is 0 Å². The van der Waals surface area contributed by atoms with Gasteiger partial charge in [-0.25, -0.2) is 4.39 Å². The Morgan fingerprint density at radius 3 is 2.78 bits per heavy atom. The number of aromatic nitrogens is 2. The topological polar surface area (TPSA) is 55.9 Å². The van der Waals surface area contributed by atoms with Gasteiger partial charge >= 0.3 is 0 Å². The van der Waals surface area contributed by atoms with Crippen LogP contribution in [-0.4, -0.2) is 9.78 Å². The average molecular weight is 248 g/mol. The number of aryl methyl sites for hydroxylation is 2. The van der Waals surface area contributed by atoms with Crippen LogP contribution in [0.4, 0.5) is 4.39 Å². The van der Waals surface area contributed by atoms with Crippen LogP contribution in [0.5, 0.6) is 0 Å². The molecule has 2 rings (SSSR count). The van der Waals surface area contributed by atoms with Crippen molar-refractivity contribution in [3.05, 3.63) is 53.6 Å². The van der Waals surface area contributed by atoms with Gasteiger partial charge in [-0.1, -0.05) is 18.2 Å². The summed E-state index contributed by atoms with van der Waals surface area (Å²) in [6.45, 7) is 0. The van der Waals surface area contributed by atoms with Crippen molar-refractivity contribution in [2.75, 3.05) is 0 Å². The van der Waals surface area contributed by atoms with Crippen LogP contribution in [0, 0.1) is 5.82 Å². The Labute approximate surface area is 106 Å². The van der Waals surface area contributed by atoms with E-state index in [9.17, 15) is 4.39 Å². The Morgan fingerprint density at radius 2 is 2.17 bits per heavy atom. The Hall–Kier alpha value is -1.72. The van der Waals surface area contributed by atoms with E-state index < -0.39 is 0 Å². The van der Waals surface area contributed by atoms with Crippen molar-refractivity contribution in [3.8, 4) is 0 Å². The minimum absolute atomic E-state index is 0.193. The molecule has 0 aliphatic rings. The summed E-state index contributed by atoms with van der Waals surface area (Å²) in [6, 6.07) is 8.45. The molecule has 4 nitrogen and oxygen atoms in total. The van der Waals surface area contributed by atoms with Crippen LogP contribution in [-0.2, 0) is 13.5 Å². The second kappa shape index (κ2) is 5.75. The third kappa shape index (κ3) is 2.75.